The molecule has 1 aromatic carbocycles. The maximum atomic E-state index is 9.91. The number of anilines is 1. The van der Waals surface area contributed by atoms with Gasteiger partial charge in [-0.3, -0.25) is 0 Å². The summed E-state index contributed by atoms with van der Waals surface area (Å²) in [5.41, 5.74) is 1.13. The Morgan fingerprint density at radius 2 is 2.17 bits per heavy atom. The number of aliphatic hydroxyl groups is 1. The highest BCUT2D eigenvalue weighted by molar-refractivity contribution is 5.63. The minimum absolute atomic E-state index is 0.0533. The van der Waals surface area contributed by atoms with Gasteiger partial charge in [-0.1, -0.05) is 12.1 Å². The first-order valence-corrected chi connectivity index (χ1v) is 5.94. The minimum Gasteiger partial charge on any atom is -0.444 e. The molecule has 0 saturated heterocycles. The lowest BCUT2D eigenvalue weighted by molar-refractivity contribution is 0.0649. The summed E-state index contributed by atoms with van der Waals surface area (Å²) in [7, 11) is 0. The second-order valence-electron chi connectivity index (χ2n) is 4.97. The fraction of sp³-hybridized carbons (Fsp3) is 0.357. The third kappa shape index (κ3) is 2.90. The maximum Gasteiger partial charge on any atom is 0.181 e. The Kier molecular flexibility index (Phi) is 3.39. The summed E-state index contributed by atoms with van der Waals surface area (Å²) < 4.78 is 5.26. The molecular weight excluding hydrogens is 228 g/mol. The number of rotatable bonds is 4. The molecule has 96 valence electrons. The molecule has 0 aliphatic heterocycles. The van der Waals surface area contributed by atoms with E-state index >= 15 is 0 Å². The van der Waals surface area contributed by atoms with Gasteiger partial charge in [0.15, 0.2) is 12.2 Å². The Hall–Kier alpha value is -1.81. The molecule has 0 aliphatic rings. The van der Waals surface area contributed by atoms with Crippen molar-refractivity contribution < 1.29 is 9.52 Å². The van der Waals surface area contributed by atoms with Crippen LogP contribution in [0.2, 0.25) is 0 Å². The van der Waals surface area contributed by atoms with Crippen LogP contribution in [0.25, 0.3) is 11.3 Å². The van der Waals surface area contributed by atoms with Gasteiger partial charge in [0.25, 0.3) is 0 Å². The van der Waals surface area contributed by atoms with Crippen molar-refractivity contribution >= 4 is 5.69 Å². The average Bonchev–Trinajstić information content (AvgIpc) is 2.81. The average molecular weight is 246 g/mol. The molecule has 2 N–H and O–H groups in total. The Labute approximate surface area is 107 Å². The zero-order valence-electron chi connectivity index (χ0n) is 10.8. The van der Waals surface area contributed by atoms with Crippen LogP contribution in [0.4, 0.5) is 5.69 Å². The molecule has 0 aliphatic carbocycles. The van der Waals surface area contributed by atoms with E-state index in [2.05, 4.69) is 10.3 Å². The smallest absolute Gasteiger partial charge is 0.181 e. The minimum atomic E-state index is -0.776. The van der Waals surface area contributed by atoms with Crippen LogP contribution in [-0.2, 0) is 0 Å². The molecule has 0 spiro atoms. The summed E-state index contributed by atoms with van der Waals surface area (Å²) >= 11 is 0. The predicted octanol–water partition coefficient (Wildman–Crippen LogP) is 2.91. The molecule has 0 bridgehead atoms. The number of nitrogens with one attached hydrogen (secondary N) is 1. The lowest BCUT2D eigenvalue weighted by Crippen LogP contribution is -2.39. The molecule has 1 atom stereocenters. The van der Waals surface area contributed by atoms with E-state index < -0.39 is 5.60 Å². The number of oxazole rings is 1. The van der Waals surface area contributed by atoms with Gasteiger partial charge in [0, 0.05) is 11.3 Å². The van der Waals surface area contributed by atoms with E-state index in [4.69, 9.17) is 4.42 Å². The number of hydrogen-bond donors (Lipinski definition) is 2. The molecule has 1 aromatic heterocycles. The predicted molar refractivity (Wildman–Crippen MR) is 71.3 cm³/mol. The van der Waals surface area contributed by atoms with Crippen LogP contribution in [0.1, 0.15) is 20.8 Å². The highest BCUT2D eigenvalue weighted by Gasteiger charge is 2.21. The van der Waals surface area contributed by atoms with Gasteiger partial charge in [-0.2, -0.15) is 0 Å². The van der Waals surface area contributed by atoms with E-state index in [1.165, 1.54) is 6.39 Å². The van der Waals surface area contributed by atoms with E-state index in [0.29, 0.717) is 0 Å². The summed E-state index contributed by atoms with van der Waals surface area (Å²) in [6.07, 6.45) is 3.09. The van der Waals surface area contributed by atoms with E-state index in [0.717, 1.165) is 17.0 Å². The van der Waals surface area contributed by atoms with Crippen molar-refractivity contribution in [3.05, 3.63) is 36.9 Å². The second kappa shape index (κ2) is 4.82. The van der Waals surface area contributed by atoms with E-state index in [1.807, 2.05) is 31.2 Å². The molecule has 1 unspecified atom stereocenters. The Morgan fingerprint density at radius 3 is 2.78 bits per heavy atom. The van der Waals surface area contributed by atoms with Crippen molar-refractivity contribution in [1.29, 1.82) is 0 Å². The molecule has 18 heavy (non-hydrogen) atoms. The van der Waals surface area contributed by atoms with Crippen molar-refractivity contribution in [3.63, 3.8) is 0 Å². The summed E-state index contributed by atoms with van der Waals surface area (Å²) in [6.45, 7) is 5.51. The van der Waals surface area contributed by atoms with E-state index in [9.17, 15) is 5.11 Å². The highest BCUT2D eigenvalue weighted by Crippen LogP contribution is 2.23. The molecular formula is C14H18N2O2. The first kappa shape index (κ1) is 12.6. The third-order valence-electron chi connectivity index (χ3n) is 3.02. The van der Waals surface area contributed by atoms with Crippen LogP contribution in [0.3, 0.4) is 0 Å². The van der Waals surface area contributed by atoms with Crippen LogP contribution in [0.15, 0.2) is 41.3 Å². The van der Waals surface area contributed by atoms with Crippen LogP contribution >= 0.6 is 0 Å². The van der Waals surface area contributed by atoms with Crippen molar-refractivity contribution in [2.45, 2.75) is 32.4 Å². The quantitative estimate of drug-likeness (QED) is 0.870. The van der Waals surface area contributed by atoms with Crippen LogP contribution in [-0.4, -0.2) is 21.7 Å². The number of aromatic nitrogens is 1. The van der Waals surface area contributed by atoms with Crippen LogP contribution < -0.4 is 5.32 Å². The van der Waals surface area contributed by atoms with Crippen molar-refractivity contribution in [2.24, 2.45) is 0 Å². The monoisotopic (exact) mass is 246 g/mol. The van der Waals surface area contributed by atoms with Gasteiger partial charge in [-0.05, 0) is 32.9 Å². The van der Waals surface area contributed by atoms with Crippen LogP contribution in [0.5, 0.6) is 0 Å². The Bertz CT molecular complexity index is 501. The fourth-order valence-electron chi connectivity index (χ4n) is 1.55. The molecule has 2 rings (SSSR count). The zero-order chi connectivity index (χ0) is 13.2. The van der Waals surface area contributed by atoms with Crippen LogP contribution in [0, 0.1) is 0 Å². The molecule has 0 fully saturated rings. The normalized spacial score (nSPS) is 13.3. The molecule has 4 heteroatoms. The number of benzene rings is 1. The van der Waals surface area contributed by atoms with Gasteiger partial charge in [0.05, 0.1) is 17.8 Å². The van der Waals surface area contributed by atoms with Crippen molar-refractivity contribution in [2.75, 3.05) is 5.32 Å². The second-order valence-corrected chi connectivity index (χ2v) is 4.97. The largest absolute Gasteiger partial charge is 0.444 e. The number of nitrogens with zero attached hydrogens (tertiary/aromatic N) is 1. The highest BCUT2D eigenvalue weighted by atomic mass is 16.3. The zero-order valence-corrected chi connectivity index (χ0v) is 10.8. The lowest BCUT2D eigenvalue weighted by atomic mass is 10.0. The molecule has 0 radical (unpaired) electrons. The molecule has 0 amide bonds. The number of hydrogen-bond acceptors (Lipinski definition) is 4. The van der Waals surface area contributed by atoms with Gasteiger partial charge in [0.2, 0.25) is 0 Å². The summed E-state index contributed by atoms with van der Waals surface area (Å²) in [5.74, 6) is 0.731. The van der Waals surface area contributed by atoms with E-state index in [1.54, 1.807) is 20.0 Å². The maximum absolute atomic E-state index is 9.91. The van der Waals surface area contributed by atoms with Gasteiger partial charge in [-0.15, -0.1) is 0 Å². The topological polar surface area (TPSA) is 58.3 Å². The summed E-state index contributed by atoms with van der Waals surface area (Å²) in [6, 6.07) is 7.78. The molecule has 1 heterocycles. The third-order valence-corrected chi connectivity index (χ3v) is 3.02. The van der Waals surface area contributed by atoms with Gasteiger partial charge in [-0.25, -0.2) is 4.98 Å². The Morgan fingerprint density at radius 1 is 1.39 bits per heavy atom. The first-order chi connectivity index (χ1) is 8.47. The summed E-state index contributed by atoms with van der Waals surface area (Å²) in [5, 5.41) is 13.2. The first-order valence-electron chi connectivity index (χ1n) is 5.94. The van der Waals surface area contributed by atoms with Crippen molar-refractivity contribution in [1.82, 2.24) is 4.98 Å². The summed E-state index contributed by atoms with van der Waals surface area (Å²) in [4.78, 5) is 3.90. The van der Waals surface area contributed by atoms with E-state index in [-0.39, 0.29) is 6.04 Å². The molecule has 4 nitrogen and oxygen atoms in total. The molecule has 2 aromatic rings. The molecule has 0 saturated carbocycles. The standard InChI is InChI=1S/C14H18N2O2/c1-10(14(2,3)17)16-12-6-4-5-11(7-12)13-8-15-9-18-13/h4-10,16-17H,1-3H3. The Balaban J connectivity index is 2.18. The van der Waals surface area contributed by atoms with Gasteiger partial charge in [0.1, 0.15) is 0 Å². The van der Waals surface area contributed by atoms with Crippen molar-refractivity contribution in [3.8, 4) is 11.3 Å². The fourth-order valence-corrected chi connectivity index (χ4v) is 1.55. The SMILES string of the molecule is CC(Nc1cccc(-c2cnco2)c1)C(C)(C)O. The van der Waals surface area contributed by atoms with Gasteiger partial charge < -0.3 is 14.8 Å². The van der Waals surface area contributed by atoms with Gasteiger partial charge >= 0.3 is 0 Å². The lowest BCUT2D eigenvalue weighted by Gasteiger charge is -2.27.